The summed E-state index contributed by atoms with van der Waals surface area (Å²) in [4.78, 5) is 24.5. The van der Waals surface area contributed by atoms with Crippen molar-refractivity contribution in [3.05, 3.63) is 70.7 Å². The molecule has 0 aliphatic heterocycles. The molecular weight excluding hydrogens is 200 g/mol. The number of hydrogen-bond donors (Lipinski definition) is 0. The van der Waals surface area contributed by atoms with Crippen molar-refractivity contribution in [1.29, 1.82) is 0 Å². The standard InChI is InChI=1S/C14H8O2/c15-13-9-5-1-2-6-10(9)14(16)12-8-4-3-7-11(12)13/h1-8H/i1D,5D. The highest BCUT2D eigenvalue weighted by molar-refractivity contribution is 6.28. The Morgan fingerprint density at radius 1 is 0.750 bits per heavy atom. The summed E-state index contributed by atoms with van der Waals surface area (Å²) in [5.74, 6) is -0.604. The number of benzene rings is 2. The van der Waals surface area contributed by atoms with E-state index in [0.29, 0.717) is 11.1 Å². The zero-order valence-electron chi connectivity index (χ0n) is 10.3. The summed E-state index contributed by atoms with van der Waals surface area (Å²) in [6.45, 7) is 0. The van der Waals surface area contributed by atoms with Gasteiger partial charge < -0.3 is 0 Å². The predicted octanol–water partition coefficient (Wildman–Crippen LogP) is 2.46. The molecule has 3 rings (SSSR count). The molecule has 1 aliphatic rings. The fraction of sp³-hybridized carbons (Fsp3) is 0. The quantitative estimate of drug-likeness (QED) is 0.571. The van der Waals surface area contributed by atoms with Crippen molar-refractivity contribution in [1.82, 2.24) is 0 Å². The molecule has 2 heteroatoms. The van der Waals surface area contributed by atoms with E-state index in [1.54, 1.807) is 24.3 Å². The lowest BCUT2D eigenvalue weighted by Crippen LogP contribution is -2.20. The molecule has 0 amide bonds. The average Bonchev–Trinajstić information content (AvgIpc) is 2.39. The maximum absolute atomic E-state index is 12.3. The molecule has 2 aromatic carbocycles. The summed E-state index contributed by atoms with van der Waals surface area (Å²) < 4.78 is 15.3. The van der Waals surface area contributed by atoms with E-state index in [-0.39, 0.29) is 34.8 Å². The minimum absolute atomic E-state index is 0.0470. The third-order valence-electron chi connectivity index (χ3n) is 2.69. The molecule has 16 heavy (non-hydrogen) atoms. The second-order valence-corrected chi connectivity index (χ2v) is 3.60. The highest BCUT2D eigenvalue weighted by Gasteiger charge is 2.28. The second kappa shape index (κ2) is 3.14. The number of rotatable bonds is 0. The number of fused-ring (bicyclic) bond motifs is 2. The number of hydrogen-bond acceptors (Lipinski definition) is 2. The van der Waals surface area contributed by atoms with Crippen molar-refractivity contribution < 1.29 is 12.3 Å². The lowest BCUT2D eigenvalue weighted by Gasteiger charge is -2.16. The molecule has 0 radical (unpaired) electrons. The van der Waals surface area contributed by atoms with Crippen LogP contribution in [0.3, 0.4) is 0 Å². The fourth-order valence-corrected chi connectivity index (χ4v) is 1.92. The van der Waals surface area contributed by atoms with Crippen LogP contribution in [0.2, 0.25) is 0 Å². The van der Waals surface area contributed by atoms with E-state index in [9.17, 15) is 9.59 Å². The Labute approximate surface area is 95.3 Å². The molecule has 0 atom stereocenters. The smallest absolute Gasteiger partial charge is 0.194 e. The van der Waals surface area contributed by atoms with E-state index < -0.39 is 0 Å². The van der Waals surface area contributed by atoms with Crippen LogP contribution in [0.25, 0.3) is 0 Å². The van der Waals surface area contributed by atoms with E-state index in [4.69, 9.17) is 2.74 Å². The van der Waals surface area contributed by atoms with Crippen LogP contribution < -0.4 is 0 Å². The number of carbonyl (C=O) groups excluding carboxylic acids is 2. The van der Waals surface area contributed by atoms with Gasteiger partial charge in [0.1, 0.15) is 0 Å². The molecule has 2 aromatic rings. The number of ketones is 2. The van der Waals surface area contributed by atoms with E-state index in [0.717, 1.165) is 0 Å². The fourth-order valence-electron chi connectivity index (χ4n) is 1.92. The summed E-state index contributed by atoms with van der Waals surface area (Å²) in [5.41, 5.74) is 0.951. The van der Waals surface area contributed by atoms with Crippen molar-refractivity contribution in [3.63, 3.8) is 0 Å². The lowest BCUT2D eigenvalue weighted by molar-refractivity contribution is 0.0979. The molecule has 0 saturated heterocycles. The Kier molecular flexibility index (Phi) is 1.40. The van der Waals surface area contributed by atoms with E-state index >= 15 is 0 Å². The molecule has 2 nitrogen and oxygen atoms in total. The summed E-state index contributed by atoms with van der Waals surface area (Å²) in [6.07, 6.45) is 0. The van der Waals surface area contributed by atoms with Crippen molar-refractivity contribution in [2.45, 2.75) is 0 Å². The van der Waals surface area contributed by atoms with Gasteiger partial charge in [0, 0.05) is 22.3 Å². The van der Waals surface area contributed by atoms with Gasteiger partial charge in [-0.1, -0.05) is 48.5 Å². The predicted molar refractivity (Wildman–Crippen MR) is 59.7 cm³/mol. The van der Waals surface area contributed by atoms with Gasteiger partial charge in [0.05, 0.1) is 2.74 Å². The first kappa shape index (κ1) is 7.12. The van der Waals surface area contributed by atoms with Gasteiger partial charge in [-0.05, 0) is 0 Å². The second-order valence-electron chi connectivity index (χ2n) is 3.60. The normalized spacial score (nSPS) is 15.0. The van der Waals surface area contributed by atoms with Crippen molar-refractivity contribution in [2.24, 2.45) is 0 Å². The minimum Gasteiger partial charge on any atom is -0.289 e. The summed E-state index contributed by atoms with van der Waals surface area (Å²) in [6, 6.07) is 9.17. The molecule has 0 unspecified atom stereocenters. The lowest BCUT2D eigenvalue weighted by atomic mass is 9.84. The van der Waals surface area contributed by atoms with Gasteiger partial charge in [-0.25, -0.2) is 0 Å². The van der Waals surface area contributed by atoms with Crippen LogP contribution in [0.1, 0.15) is 34.6 Å². The highest BCUT2D eigenvalue weighted by Crippen LogP contribution is 2.26. The average molecular weight is 210 g/mol. The largest absolute Gasteiger partial charge is 0.289 e. The first-order chi connectivity index (χ1) is 8.61. The monoisotopic (exact) mass is 210 g/mol. The first-order valence-electron chi connectivity index (χ1n) is 5.90. The maximum Gasteiger partial charge on any atom is 0.194 e. The number of carbonyl (C=O) groups is 2. The van der Waals surface area contributed by atoms with Crippen LogP contribution in [0.5, 0.6) is 0 Å². The van der Waals surface area contributed by atoms with Gasteiger partial charge >= 0.3 is 0 Å². The van der Waals surface area contributed by atoms with Crippen LogP contribution in [-0.4, -0.2) is 11.6 Å². The molecule has 0 aromatic heterocycles. The molecule has 0 N–H and O–H groups in total. The van der Waals surface area contributed by atoms with Crippen molar-refractivity contribution in [2.75, 3.05) is 0 Å². The van der Waals surface area contributed by atoms with Gasteiger partial charge in [0.25, 0.3) is 0 Å². The Morgan fingerprint density at radius 2 is 1.25 bits per heavy atom. The maximum atomic E-state index is 12.3. The summed E-state index contributed by atoms with van der Waals surface area (Å²) >= 11 is 0. The topological polar surface area (TPSA) is 34.1 Å². The Hall–Kier alpha value is -2.22. The molecule has 0 spiro atoms. The van der Waals surface area contributed by atoms with Gasteiger partial charge in [-0.2, -0.15) is 0 Å². The van der Waals surface area contributed by atoms with Crippen LogP contribution in [0.15, 0.2) is 48.5 Å². The third kappa shape index (κ3) is 1.07. The SMILES string of the molecule is [2H]c1ccc2c(c1[2H])C(=O)c1ccccc1C2=O. The highest BCUT2D eigenvalue weighted by atomic mass is 16.1. The molecule has 0 bridgehead atoms. The third-order valence-corrected chi connectivity index (χ3v) is 2.69. The molecule has 76 valence electrons. The van der Waals surface area contributed by atoms with Crippen molar-refractivity contribution in [3.8, 4) is 0 Å². The molecular formula is C14H8O2. The first-order valence-corrected chi connectivity index (χ1v) is 4.90. The molecule has 0 heterocycles. The Bertz CT molecular complexity index is 705. The summed E-state index contributed by atoms with van der Waals surface area (Å²) in [7, 11) is 0. The van der Waals surface area contributed by atoms with Crippen molar-refractivity contribution >= 4 is 11.6 Å². The van der Waals surface area contributed by atoms with Gasteiger partial charge in [0.15, 0.2) is 11.6 Å². The summed E-state index contributed by atoms with van der Waals surface area (Å²) in [5, 5.41) is 0. The molecule has 0 fully saturated rings. The van der Waals surface area contributed by atoms with Gasteiger partial charge in [0.2, 0.25) is 0 Å². The van der Waals surface area contributed by atoms with Gasteiger partial charge in [-0.3, -0.25) is 9.59 Å². The van der Waals surface area contributed by atoms with E-state index in [2.05, 4.69) is 0 Å². The van der Waals surface area contributed by atoms with Crippen LogP contribution >= 0.6 is 0 Å². The van der Waals surface area contributed by atoms with E-state index in [1.807, 2.05) is 0 Å². The van der Waals surface area contributed by atoms with Crippen LogP contribution in [0.4, 0.5) is 0 Å². The van der Waals surface area contributed by atoms with Crippen LogP contribution in [-0.2, 0) is 0 Å². The molecule has 1 aliphatic carbocycles. The zero-order chi connectivity index (χ0) is 12.9. The zero-order valence-corrected chi connectivity index (χ0v) is 8.28. The minimum atomic E-state index is -0.348. The Morgan fingerprint density at radius 3 is 1.94 bits per heavy atom. The van der Waals surface area contributed by atoms with E-state index in [1.165, 1.54) is 12.1 Å². The van der Waals surface area contributed by atoms with Gasteiger partial charge in [-0.15, -0.1) is 0 Å². The Balaban J connectivity index is 2.38. The molecule has 0 saturated carbocycles. The van der Waals surface area contributed by atoms with Crippen LogP contribution in [0, 0.1) is 0 Å².